The summed E-state index contributed by atoms with van der Waals surface area (Å²) in [6, 6.07) is 6.78. The predicted octanol–water partition coefficient (Wildman–Crippen LogP) is 2.05. The molecular formula is C13H13Br2NO3. The second-order valence-electron chi connectivity index (χ2n) is 4.67. The predicted molar refractivity (Wildman–Crippen MR) is 78.9 cm³/mol. The van der Waals surface area contributed by atoms with Gasteiger partial charge in [-0.05, 0) is 12.1 Å². The third-order valence-corrected chi connectivity index (χ3v) is 5.65. The first kappa shape index (κ1) is 14.7. The van der Waals surface area contributed by atoms with Gasteiger partial charge in [-0.3, -0.25) is 14.5 Å². The molecule has 0 radical (unpaired) electrons. The zero-order valence-electron chi connectivity index (χ0n) is 10.1. The van der Waals surface area contributed by atoms with Crippen LogP contribution in [-0.4, -0.2) is 45.6 Å². The van der Waals surface area contributed by atoms with Crippen molar-refractivity contribution in [1.29, 1.82) is 0 Å². The number of hydrogen-bond donors (Lipinski definition) is 1. The smallest absolute Gasteiger partial charge is 0.261 e. The second kappa shape index (κ2) is 5.73. The third kappa shape index (κ3) is 2.49. The fourth-order valence-electron chi connectivity index (χ4n) is 1.97. The van der Waals surface area contributed by atoms with Crippen molar-refractivity contribution in [2.45, 2.75) is 0 Å². The number of carbonyl (C=O) groups excluding carboxylic acids is 2. The molecular weight excluding hydrogens is 378 g/mol. The number of benzene rings is 1. The summed E-state index contributed by atoms with van der Waals surface area (Å²) in [6.45, 7) is 0.0727. The molecule has 1 aromatic rings. The Morgan fingerprint density at radius 1 is 1.05 bits per heavy atom. The van der Waals surface area contributed by atoms with Crippen LogP contribution in [0.15, 0.2) is 24.3 Å². The molecule has 0 saturated heterocycles. The average Bonchev–Trinajstić information content (AvgIpc) is 2.70. The van der Waals surface area contributed by atoms with Crippen molar-refractivity contribution >= 4 is 43.7 Å². The van der Waals surface area contributed by atoms with Crippen LogP contribution in [0.1, 0.15) is 20.7 Å². The zero-order chi connectivity index (χ0) is 14.0. The molecule has 1 aliphatic rings. The first-order chi connectivity index (χ1) is 9.08. The molecule has 0 aromatic heterocycles. The number of halogens is 2. The van der Waals surface area contributed by atoms with E-state index in [1.54, 1.807) is 24.3 Å². The van der Waals surface area contributed by atoms with E-state index in [0.717, 1.165) is 0 Å². The number of aliphatic hydroxyl groups excluding tert-OH is 1. The fourth-order valence-corrected chi connectivity index (χ4v) is 3.61. The van der Waals surface area contributed by atoms with Gasteiger partial charge in [-0.1, -0.05) is 44.0 Å². The summed E-state index contributed by atoms with van der Waals surface area (Å²) in [5.41, 5.74) is 0.305. The van der Waals surface area contributed by atoms with Gasteiger partial charge in [0.2, 0.25) is 0 Å². The molecule has 0 unspecified atom stereocenters. The van der Waals surface area contributed by atoms with Gasteiger partial charge in [0.25, 0.3) is 11.8 Å². The lowest BCUT2D eigenvalue weighted by molar-refractivity contribution is 0.0545. The molecule has 19 heavy (non-hydrogen) atoms. The standard InChI is InChI=1S/C13H13Br2NO3/c14-5-13(6-15,8-17)7-16-11(18)9-3-1-2-4-10(9)12(16)19/h1-4,17H,5-8H2. The van der Waals surface area contributed by atoms with Crippen LogP contribution in [0.25, 0.3) is 0 Å². The van der Waals surface area contributed by atoms with E-state index in [4.69, 9.17) is 0 Å². The van der Waals surface area contributed by atoms with E-state index in [0.29, 0.717) is 21.8 Å². The Balaban J connectivity index is 2.30. The van der Waals surface area contributed by atoms with Crippen LogP contribution in [-0.2, 0) is 0 Å². The van der Waals surface area contributed by atoms with Crippen LogP contribution in [0.3, 0.4) is 0 Å². The molecule has 0 bridgehead atoms. The summed E-state index contributed by atoms with van der Waals surface area (Å²) in [4.78, 5) is 25.7. The summed E-state index contributed by atoms with van der Waals surface area (Å²) >= 11 is 6.67. The molecule has 1 aliphatic heterocycles. The number of imide groups is 1. The van der Waals surface area contributed by atoms with Gasteiger partial charge >= 0.3 is 0 Å². The largest absolute Gasteiger partial charge is 0.396 e. The minimum atomic E-state index is -0.562. The van der Waals surface area contributed by atoms with Crippen molar-refractivity contribution in [2.75, 3.05) is 23.8 Å². The maximum atomic E-state index is 12.2. The van der Waals surface area contributed by atoms with Crippen LogP contribution in [0.2, 0.25) is 0 Å². The molecule has 0 atom stereocenters. The van der Waals surface area contributed by atoms with Crippen molar-refractivity contribution < 1.29 is 14.7 Å². The molecule has 2 rings (SSSR count). The highest BCUT2D eigenvalue weighted by atomic mass is 79.9. The Kier molecular flexibility index (Phi) is 4.43. The Morgan fingerprint density at radius 2 is 1.53 bits per heavy atom. The minimum Gasteiger partial charge on any atom is -0.396 e. The number of aliphatic hydroxyl groups is 1. The van der Waals surface area contributed by atoms with Crippen LogP contribution in [0, 0.1) is 5.41 Å². The van der Waals surface area contributed by atoms with E-state index < -0.39 is 5.41 Å². The minimum absolute atomic E-state index is 0.114. The molecule has 0 spiro atoms. The lowest BCUT2D eigenvalue weighted by atomic mass is 9.94. The van der Waals surface area contributed by atoms with Crippen LogP contribution in [0.4, 0.5) is 0 Å². The third-order valence-electron chi connectivity index (χ3n) is 3.27. The lowest BCUT2D eigenvalue weighted by Crippen LogP contribution is -2.45. The first-order valence-electron chi connectivity index (χ1n) is 5.76. The second-order valence-corrected chi connectivity index (χ2v) is 5.79. The van der Waals surface area contributed by atoms with E-state index >= 15 is 0 Å². The monoisotopic (exact) mass is 389 g/mol. The number of fused-ring (bicyclic) bond motifs is 1. The molecule has 0 saturated carbocycles. The molecule has 4 nitrogen and oxygen atoms in total. The van der Waals surface area contributed by atoms with Crippen molar-refractivity contribution in [3.05, 3.63) is 35.4 Å². The highest BCUT2D eigenvalue weighted by Gasteiger charge is 2.40. The summed E-state index contributed by atoms with van der Waals surface area (Å²) in [7, 11) is 0. The van der Waals surface area contributed by atoms with E-state index in [2.05, 4.69) is 31.9 Å². The quantitative estimate of drug-likeness (QED) is 0.618. The zero-order valence-corrected chi connectivity index (χ0v) is 13.3. The normalized spacial score (nSPS) is 15.0. The SMILES string of the molecule is O=C1c2ccccc2C(=O)N1CC(CO)(CBr)CBr. The van der Waals surface area contributed by atoms with Crippen LogP contribution >= 0.6 is 31.9 Å². The average molecular weight is 391 g/mol. The number of carbonyl (C=O) groups is 2. The number of amides is 2. The molecule has 6 heteroatoms. The highest BCUT2D eigenvalue weighted by Crippen LogP contribution is 2.29. The molecule has 0 fully saturated rings. The molecule has 2 amide bonds. The lowest BCUT2D eigenvalue weighted by Gasteiger charge is -2.31. The molecule has 1 aromatic carbocycles. The fraction of sp³-hybridized carbons (Fsp3) is 0.385. The summed E-state index contributed by atoms with van der Waals surface area (Å²) in [5.74, 6) is -0.583. The number of nitrogens with zero attached hydrogens (tertiary/aromatic N) is 1. The molecule has 0 aliphatic carbocycles. The van der Waals surface area contributed by atoms with E-state index in [1.165, 1.54) is 4.90 Å². The van der Waals surface area contributed by atoms with Gasteiger partial charge in [0.15, 0.2) is 0 Å². The number of hydrogen-bond acceptors (Lipinski definition) is 3. The van der Waals surface area contributed by atoms with Gasteiger partial charge in [0.1, 0.15) is 0 Å². The highest BCUT2D eigenvalue weighted by molar-refractivity contribution is 9.09. The molecule has 1 N–H and O–H groups in total. The Labute approximate surface area is 128 Å². The van der Waals surface area contributed by atoms with Crippen LogP contribution < -0.4 is 0 Å². The van der Waals surface area contributed by atoms with Crippen molar-refractivity contribution in [3.63, 3.8) is 0 Å². The van der Waals surface area contributed by atoms with E-state index in [9.17, 15) is 14.7 Å². The van der Waals surface area contributed by atoms with E-state index in [-0.39, 0.29) is 25.0 Å². The van der Waals surface area contributed by atoms with Crippen LogP contribution in [0.5, 0.6) is 0 Å². The molecule has 102 valence electrons. The first-order valence-corrected chi connectivity index (χ1v) is 8.01. The summed E-state index contributed by atoms with van der Waals surface area (Å²) in [6.07, 6.45) is 0. The Hall–Kier alpha value is -0.720. The number of rotatable bonds is 5. The number of alkyl halides is 2. The van der Waals surface area contributed by atoms with E-state index in [1.807, 2.05) is 0 Å². The van der Waals surface area contributed by atoms with Gasteiger partial charge in [0.05, 0.1) is 17.7 Å². The van der Waals surface area contributed by atoms with Crippen molar-refractivity contribution in [2.24, 2.45) is 5.41 Å². The van der Waals surface area contributed by atoms with Gasteiger partial charge in [0, 0.05) is 22.6 Å². The maximum absolute atomic E-state index is 12.2. The maximum Gasteiger partial charge on any atom is 0.261 e. The van der Waals surface area contributed by atoms with Gasteiger partial charge in [-0.15, -0.1) is 0 Å². The topological polar surface area (TPSA) is 57.6 Å². The van der Waals surface area contributed by atoms with Crippen molar-refractivity contribution in [3.8, 4) is 0 Å². The summed E-state index contributed by atoms with van der Waals surface area (Å²) in [5, 5.41) is 10.5. The van der Waals surface area contributed by atoms with Gasteiger partial charge < -0.3 is 5.11 Å². The Morgan fingerprint density at radius 3 is 1.89 bits per heavy atom. The Bertz CT molecular complexity index is 471. The van der Waals surface area contributed by atoms with Crippen molar-refractivity contribution in [1.82, 2.24) is 4.90 Å². The van der Waals surface area contributed by atoms with Gasteiger partial charge in [-0.2, -0.15) is 0 Å². The van der Waals surface area contributed by atoms with Gasteiger partial charge in [-0.25, -0.2) is 0 Å². The summed E-state index contributed by atoms with van der Waals surface area (Å²) < 4.78 is 0. The molecule has 1 heterocycles.